The first-order valence-corrected chi connectivity index (χ1v) is 41.5. The summed E-state index contributed by atoms with van der Waals surface area (Å²) in [6.07, 6.45) is 52.9. The van der Waals surface area contributed by atoms with Gasteiger partial charge in [0.05, 0.1) is 26.4 Å². The summed E-state index contributed by atoms with van der Waals surface area (Å²) in [5.41, 5.74) is 0. The summed E-state index contributed by atoms with van der Waals surface area (Å²) in [5.74, 6) is -0.520. The molecule has 0 fully saturated rings. The monoisotopic (exact) mass is 1370 g/mol. The third-order valence-electron chi connectivity index (χ3n) is 17.2. The molecular weight excluding hydrogens is 1220 g/mol. The Morgan fingerprint density at radius 1 is 0.290 bits per heavy atom. The maximum Gasteiger partial charge on any atom is 0.472 e. The third-order valence-corrected chi connectivity index (χ3v) is 19.1. The van der Waals surface area contributed by atoms with Crippen LogP contribution in [0.2, 0.25) is 0 Å². The zero-order valence-electron chi connectivity index (χ0n) is 60.6. The molecule has 0 amide bonds. The van der Waals surface area contributed by atoms with E-state index in [4.69, 9.17) is 37.0 Å². The van der Waals surface area contributed by atoms with Gasteiger partial charge in [0.15, 0.2) is 12.2 Å². The maximum atomic E-state index is 13.1. The number of carbonyl (C=O) groups is 4. The lowest BCUT2D eigenvalue weighted by atomic mass is 10.0. The van der Waals surface area contributed by atoms with Gasteiger partial charge in [-0.1, -0.05) is 330 Å². The summed E-state index contributed by atoms with van der Waals surface area (Å²) in [6.45, 7) is 9.58. The van der Waals surface area contributed by atoms with E-state index in [0.717, 1.165) is 108 Å². The van der Waals surface area contributed by atoms with Crippen LogP contribution in [0.4, 0.5) is 0 Å². The van der Waals surface area contributed by atoms with Crippen LogP contribution in [0.5, 0.6) is 0 Å². The number of hydrogen-bond donors (Lipinski definition) is 3. The summed E-state index contributed by atoms with van der Waals surface area (Å²) in [7, 11) is -9.90. The number of rotatable bonds is 73. The summed E-state index contributed by atoms with van der Waals surface area (Å²) in [6, 6.07) is 0. The summed E-state index contributed by atoms with van der Waals surface area (Å²) >= 11 is 0. The van der Waals surface area contributed by atoms with Crippen molar-refractivity contribution in [3.8, 4) is 0 Å². The van der Waals surface area contributed by atoms with Gasteiger partial charge in [-0.05, 0) is 37.5 Å². The van der Waals surface area contributed by atoms with Crippen molar-refractivity contribution in [1.82, 2.24) is 0 Å². The lowest BCUT2D eigenvalue weighted by Gasteiger charge is -2.21. The Balaban J connectivity index is 5.16. The van der Waals surface area contributed by atoms with Crippen LogP contribution in [-0.4, -0.2) is 96.7 Å². The normalized spacial score (nSPS) is 14.1. The molecule has 93 heavy (non-hydrogen) atoms. The fourth-order valence-electron chi connectivity index (χ4n) is 11.3. The predicted molar refractivity (Wildman–Crippen MR) is 377 cm³/mol. The zero-order chi connectivity index (χ0) is 68.6. The van der Waals surface area contributed by atoms with Gasteiger partial charge in [0.25, 0.3) is 0 Å². The molecule has 0 aliphatic rings. The van der Waals surface area contributed by atoms with Crippen molar-refractivity contribution in [2.45, 2.75) is 400 Å². The lowest BCUT2D eigenvalue weighted by molar-refractivity contribution is -0.161. The average molecular weight is 1370 g/mol. The number of unbranched alkanes of at least 4 members (excludes halogenated alkanes) is 43. The Morgan fingerprint density at radius 3 is 0.731 bits per heavy atom. The molecule has 0 radical (unpaired) electrons. The van der Waals surface area contributed by atoms with E-state index < -0.39 is 97.5 Å². The van der Waals surface area contributed by atoms with Crippen LogP contribution in [0, 0.1) is 11.8 Å². The molecule has 0 saturated heterocycles. The molecule has 2 unspecified atom stereocenters. The van der Waals surface area contributed by atoms with Gasteiger partial charge in [0, 0.05) is 25.7 Å². The number of phosphoric acid groups is 2. The molecule has 0 aromatic carbocycles. The topological polar surface area (TPSA) is 237 Å². The quantitative estimate of drug-likeness (QED) is 0.0222. The van der Waals surface area contributed by atoms with Crippen LogP contribution < -0.4 is 0 Å². The molecule has 17 nitrogen and oxygen atoms in total. The SMILES string of the molecule is CCCCCCCCCCCC(=O)O[C@H](COC(=O)CCCCCCCCCC)COP(=O)(O)OC[C@H](O)COP(=O)(O)OC[C@@H](COC(=O)CCCCCCCCCCCCCCC(C)C)OC(=O)CCCCCCCCCCCCCCCCCCCCC(C)C. The Bertz CT molecular complexity index is 1800. The molecule has 0 spiro atoms. The van der Waals surface area contributed by atoms with Crippen molar-refractivity contribution in [3.05, 3.63) is 0 Å². The number of hydrogen-bond acceptors (Lipinski definition) is 15. The maximum absolute atomic E-state index is 13.1. The van der Waals surface area contributed by atoms with E-state index in [-0.39, 0.29) is 25.7 Å². The second-order valence-corrected chi connectivity index (χ2v) is 30.5. The Hall–Kier alpha value is -1.94. The van der Waals surface area contributed by atoms with E-state index in [2.05, 4.69) is 41.5 Å². The number of esters is 4. The summed E-state index contributed by atoms with van der Waals surface area (Å²) in [5, 5.41) is 10.6. The number of aliphatic hydroxyl groups excluding tert-OH is 1. The molecule has 0 heterocycles. The average Bonchev–Trinajstić information content (AvgIpc) is 3.13. The first-order valence-electron chi connectivity index (χ1n) is 38.5. The lowest BCUT2D eigenvalue weighted by Crippen LogP contribution is -2.30. The van der Waals surface area contributed by atoms with Gasteiger partial charge in [0.2, 0.25) is 0 Å². The van der Waals surface area contributed by atoms with E-state index in [1.165, 1.54) is 193 Å². The van der Waals surface area contributed by atoms with Crippen molar-refractivity contribution in [2.24, 2.45) is 11.8 Å². The highest BCUT2D eigenvalue weighted by molar-refractivity contribution is 7.47. The molecule has 0 aliphatic heterocycles. The number of ether oxygens (including phenoxy) is 4. The Morgan fingerprint density at radius 2 is 0.495 bits per heavy atom. The van der Waals surface area contributed by atoms with Crippen LogP contribution in [-0.2, 0) is 65.4 Å². The second kappa shape index (κ2) is 66.0. The van der Waals surface area contributed by atoms with E-state index in [9.17, 15) is 43.2 Å². The molecule has 0 rings (SSSR count). The van der Waals surface area contributed by atoms with Crippen molar-refractivity contribution in [2.75, 3.05) is 39.6 Å². The molecular formula is C74H144O17P2. The van der Waals surface area contributed by atoms with E-state index in [0.29, 0.717) is 25.7 Å². The van der Waals surface area contributed by atoms with E-state index in [1.54, 1.807) is 0 Å². The minimum atomic E-state index is -4.95. The molecule has 5 atom stereocenters. The van der Waals surface area contributed by atoms with Gasteiger partial charge in [-0.2, -0.15) is 0 Å². The highest BCUT2D eigenvalue weighted by atomic mass is 31.2. The highest BCUT2D eigenvalue weighted by Gasteiger charge is 2.30. The van der Waals surface area contributed by atoms with Gasteiger partial charge >= 0.3 is 39.5 Å². The van der Waals surface area contributed by atoms with E-state index >= 15 is 0 Å². The van der Waals surface area contributed by atoms with Crippen molar-refractivity contribution in [3.63, 3.8) is 0 Å². The van der Waals surface area contributed by atoms with Crippen LogP contribution in [0.15, 0.2) is 0 Å². The largest absolute Gasteiger partial charge is 0.472 e. The molecule has 0 saturated carbocycles. The first-order chi connectivity index (χ1) is 44.9. The smallest absolute Gasteiger partial charge is 0.462 e. The second-order valence-electron chi connectivity index (χ2n) is 27.6. The minimum Gasteiger partial charge on any atom is -0.462 e. The van der Waals surface area contributed by atoms with Crippen molar-refractivity contribution >= 4 is 39.5 Å². The zero-order valence-corrected chi connectivity index (χ0v) is 62.3. The van der Waals surface area contributed by atoms with Gasteiger partial charge in [-0.25, -0.2) is 9.13 Å². The van der Waals surface area contributed by atoms with Crippen molar-refractivity contribution in [1.29, 1.82) is 0 Å². The third kappa shape index (κ3) is 68.4. The van der Waals surface area contributed by atoms with Crippen LogP contribution in [0.25, 0.3) is 0 Å². The molecule has 0 aromatic heterocycles. The summed E-state index contributed by atoms with van der Waals surface area (Å²) in [4.78, 5) is 72.5. The van der Waals surface area contributed by atoms with Gasteiger partial charge in [0.1, 0.15) is 19.3 Å². The fraction of sp³-hybridized carbons (Fsp3) is 0.946. The van der Waals surface area contributed by atoms with Crippen molar-refractivity contribution < 1.29 is 80.2 Å². The molecule has 0 aliphatic carbocycles. The van der Waals surface area contributed by atoms with Crippen LogP contribution in [0.1, 0.15) is 382 Å². The molecule has 0 aromatic rings. The number of aliphatic hydroxyl groups is 1. The summed E-state index contributed by atoms with van der Waals surface area (Å²) < 4.78 is 68.3. The van der Waals surface area contributed by atoms with Crippen LogP contribution in [0.3, 0.4) is 0 Å². The van der Waals surface area contributed by atoms with Crippen LogP contribution >= 0.6 is 15.6 Å². The molecule has 552 valence electrons. The van der Waals surface area contributed by atoms with Gasteiger partial charge in [-0.15, -0.1) is 0 Å². The van der Waals surface area contributed by atoms with Gasteiger partial charge < -0.3 is 33.8 Å². The molecule has 19 heteroatoms. The standard InChI is InChI=1S/C74H144O17P2/c1-7-9-11-13-15-31-40-46-52-58-73(78)90-69(62-84-71(76)56-50-44-38-16-14-12-10-8-2)64-88-92(80,81)86-60-68(75)61-87-93(82,83)89-65-70(63-85-72(77)57-51-45-39-34-29-26-25-28-33-37-43-49-55-67(5)6)91-74(79)59-53-47-41-35-30-24-22-20-18-17-19-21-23-27-32-36-42-48-54-66(3)4/h66-70,75H,7-65H2,1-6H3,(H,80,81)(H,82,83)/t68-,69+,70+/m0/s1. The number of carbonyl (C=O) groups excluding carboxylic acids is 4. The predicted octanol–water partition coefficient (Wildman–Crippen LogP) is 21.6. The van der Waals surface area contributed by atoms with Gasteiger partial charge in [-0.3, -0.25) is 37.3 Å². The Labute approximate surface area is 568 Å². The molecule has 3 N–H and O–H groups in total. The minimum absolute atomic E-state index is 0.106. The molecule has 0 bridgehead atoms. The number of phosphoric ester groups is 2. The Kier molecular flexibility index (Phi) is 64.6. The fourth-order valence-corrected chi connectivity index (χ4v) is 12.9. The highest BCUT2D eigenvalue weighted by Crippen LogP contribution is 2.45. The van der Waals surface area contributed by atoms with E-state index in [1.807, 2.05) is 0 Å². The first kappa shape index (κ1) is 91.1.